The number of hydrogen-bond donors (Lipinski definition) is 0. The number of aryl methyl sites for hydroxylation is 2. The summed E-state index contributed by atoms with van der Waals surface area (Å²) in [6.45, 7) is 4.28. The van der Waals surface area contributed by atoms with E-state index in [0.29, 0.717) is 0 Å². The fourth-order valence-corrected chi connectivity index (χ4v) is 2.05. The van der Waals surface area contributed by atoms with Gasteiger partial charge in [0.25, 0.3) is 0 Å². The molecule has 1 nitrogen and oxygen atoms in total. The van der Waals surface area contributed by atoms with Gasteiger partial charge in [-0.1, -0.05) is 51.9 Å². The number of rotatable bonds is 9. The molecule has 0 aromatic carbocycles. The van der Waals surface area contributed by atoms with Crippen molar-refractivity contribution in [2.24, 2.45) is 0 Å². The third-order valence-corrected chi connectivity index (χ3v) is 3.07. The maximum Gasteiger partial charge on any atom is 0.104 e. The van der Waals surface area contributed by atoms with Gasteiger partial charge in [0, 0.05) is 6.42 Å². The minimum atomic E-state index is 1.04. The Bertz CT molecular complexity index is 262. The predicted molar refractivity (Wildman–Crippen MR) is 69.8 cm³/mol. The summed E-state index contributed by atoms with van der Waals surface area (Å²) in [5.41, 5.74) is 0. The summed E-state index contributed by atoms with van der Waals surface area (Å²) < 4.78 is 5.54. The molecule has 0 aliphatic rings. The summed E-state index contributed by atoms with van der Waals surface area (Å²) in [5, 5.41) is 0. The van der Waals surface area contributed by atoms with Gasteiger partial charge in [0.2, 0.25) is 0 Å². The zero-order chi connectivity index (χ0) is 11.6. The van der Waals surface area contributed by atoms with Crippen molar-refractivity contribution < 1.29 is 4.42 Å². The second kappa shape index (κ2) is 8.43. The maximum absolute atomic E-state index is 5.54. The molecule has 0 aliphatic heterocycles. The van der Waals surface area contributed by atoms with Crippen LogP contribution in [-0.2, 0) is 6.42 Å². The molecule has 1 aromatic rings. The van der Waals surface area contributed by atoms with Gasteiger partial charge in [-0.2, -0.15) is 0 Å². The number of unbranched alkanes of at least 4 members (excludes halogenated alkanes) is 7. The Balaban J connectivity index is 1.88. The van der Waals surface area contributed by atoms with Crippen LogP contribution in [-0.4, -0.2) is 0 Å². The fourth-order valence-electron chi connectivity index (χ4n) is 2.05. The van der Waals surface area contributed by atoms with Gasteiger partial charge in [-0.05, 0) is 25.5 Å². The van der Waals surface area contributed by atoms with Gasteiger partial charge in [-0.15, -0.1) is 0 Å². The lowest BCUT2D eigenvalue weighted by Crippen LogP contribution is -1.84. The minimum Gasteiger partial charge on any atom is -0.466 e. The third kappa shape index (κ3) is 5.99. The van der Waals surface area contributed by atoms with Crippen LogP contribution in [0.3, 0.4) is 0 Å². The van der Waals surface area contributed by atoms with Gasteiger partial charge in [-0.3, -0.25) is 0 Å². The predicted octanol–water partition coefficient (Wildman–Crippen LogP) is 5.27. The summed E-state index contributed by atoms with van der Waals surface area (Å²) in [4.78, 5) is 0. The molecule has 1 heterocycles. The highest BCUT2D eigenvalue weighted by molar-refractivity contribution is 5.05. The molecule has 0 amide bonds. The molecule has 92 valence electrons. The zero-order valence-electron chi connectivity index (χ0n) is 10.9. The van der Waals surface area contributed by atoms with Crippen LogP contribution in [0.1, 0.15) is 69.8 Å². The van der Waals surface area contributed by atoms with E-state index in [0.717, 1.165) is 17.9 Å². The first kappa shape index (κ1) is 13.3. The Morgan fingerprint density at radius 2 is 1.50 bits per heavy atom. The Labute approximate surface area is 100 Å². The lowest BCUT2D eigenvalue weighted by molar-refractivity contribution is 0.469. The minimum absolute atomic E-state index is 1.04. The van der Waals surface area contributed by atoms with E-state index in [2.05, 4.69) is 19.1 Å². The van der Waals surface area contributed by atoms with Gasteiger partial charge in [0.1, 0.15) is 11.5 Å². The molecule has 0 radical (unpaired) electrons. The van der Waals surface area contributed by atoms with Crippen LogP contribution in [0.15, 0.2) is 16.5 Å². The van der Waals surface area contributed by atoms with E-state index < -0.39 is 0 Å². The van der Waals surface area contributed by atoms with Gasteiger partial charge in [0.15, 0.2) is 0 Å². The lowest BCUT2D eigenvalue weighted by Gasteiger charge is -2.00. The van der Waals surface area contributed by atoms with Crippen molar-refractivity contribution in [3.63, 3.8) is 0 Å². The lowest BCUT2D eigenvalue weighted by atomic mass is 10.1. The summed E-state index contributed by atoms with van der Waals surface area (Å²) in [6.07, 6.45) is 12.2. The maximum atomic E-state index is 5.54. The second-order valence-electron chi connectivity index (χ2n) is 4.74. The molecule has 0 unspecified atom stereocenters. The van der Waals surface area contributed by atoms with Crippen molar-refractivity contribution in [1.82, 2.24) is 0 Å². The molecule has 0 saturated carbocycles. The van der Waals surface area contributed by atoms with Crippen molar-refractivity contribution >= 4 is 0 Å². The van der Waals surface area contributed by atoms with Crippen molar-refractivity contribution in [3.05, 3.63) is 23.7 Å². The largest absolute Gasteiger partial charge is 0.466 e. The van der Waals surface area contributed by atoms with Crippen LogP contribution in [0.4, 0.5) is 0 Å². The molecule has 0 fully saturated rings. The Morgan fingerprint density at radius 1 is 0.875 bits per heavy atom. The average Bonchev–Trinajstić information content (AvgIpc) is 2.68. The fraction of sp³-hybridized carbons (Fsp3) is 0.733. The molecule has 0 aliphatic carbocycles. The van der Waals surface area contributed by atoms with Crippen LogP contribution in [0, 0.1) is 6.92 Å². The highest BCUT2D eigenvalue weighted by atomic mass is 16.3. The molecule has 0 saturated heterocycles. The van der Waals surface area contributed by atoms with Crippen LogP contribution in [0.5, 0.6) is 0 Å². The molecular weight excluding hydrogens is 196 g/mol. The van der Waals surface area contributed by atoms with E-state index in [4.69, 9.17) is 4.42 Å². The molecule has 0 spiro atoms. The summed E-state index contributed by atoms with van der Waals surface area (Å²) >= 11 is 0. The topological polar surface area (TPSA) is 13.1 Å². The van der Waals surface area contributed by atoms with Crippen LogP contribution >= 0.6 is 0 Å². The third-order valence-electron chi connectivity index (χ3n) is 3.07. The first-order valence-corrected chi connectivity index (χ1v) is 6.88. The number of furan rings is 1. The standard InChI is InChI=1S/C15H26O/c1-3-4-5-6-7-8-9-10-11-15-13-12-14(2)16-15/h12-13H,3-11H2,1-2H3. The summed E-state index contributed by atoms with van der Waals surface area (Å²) in [5.74, 6) is 2.19. The SMILES string of the molecule is CCCCCCCCCCc1ccc(C)o1. The molecule has 0 atom stereocenters. The van der Waals surface area contributed by atoms with Gasteiger partial charge < -0.3 is 4.42 Å². The quantitative estimate of drug-likeness (QED) is 0.519. The molecule has 1 heteroatoms. The van der Waals surface area contributed by atoms with Gasteiger partial charge >= 0.3 is 0 Å². The molecule has 1 rings (SSSR count). The highest BCUT2D eigenvalue weighted by Crippen LogP contribution is 2.13. The molecule has 0 bridgehead atoms. The van der Waals surface area contributed by atoms with E-state index >= 15 is 0 Å². The van der Waals surface area contributed by atoms with E-state index in [1.165, 1.54) is 51.4 Å². The van der Waals surface area contributed by atoms with E-state index in [-0.39, 0.29) is 0 Å². The highest BCUT2D eigenvalue weighted by Gasteiger charge is 1.98. The van der Waals surface area contributed by atoms with Gasteiger partial charge in [0.05, 0.1) is 0 Å². The van der Waals surface area contributed by atoms with E-state index in [9.17, 15) is 0 Å². The normalized spacial score (nSPS) is 10.9. The summed E-state index contributed by atoms with van der Waals surface area (Å²) in [7, 11) is 0. The first-order valence-electron chi connectivity index (χ1n) is 6.88. The number of hydrogen-bond acceptors (Lipinski definition) is 1. The van der Waals surface area contributed by atoms with E-state index in [1.807, 2.05) is 6.92 Å². The second-order valence-corrected chi connectivity index (χ2v) is 4.74. The Kier molecular flexibility index (Phi) is 7.03. The van der Waals surface area contributed by atoms with Crippen molar-refractivity contribution in [2.45, 2.75) is 71.6 Å². The van der Waals surface area contributed by atoms with Crippen LogP contribution in [0.2, 0.25) is 0 Å². The molecule has 0 N–H and O–H groups in total. The molecular formula is C15H26O. The Morgan fingerprint density at radius 3 is 2.06 bits per heavy atom. The van der Waals surface area contributed by atoms with Crippen LogP contribution in [0.25, 0.3) is 0 Å². The average molecular weight is 222 g/mol. The van der Waals surface area contributed by atoms with Crippen LogP contribution < -0.4 is 0 Å². The molecule has 1 aromatic heterocycles. The Hall–Kier alpha value is -0.720. The summed E-state index contributed by atoms with van der Waals surface area (Å²) in [6, 6.07) is 4.16. The monoisotopic (exact) mass is 222 g/mol. The van der Waals surface area contributed by atoms with Crippen molar-refractivity contribution in [1.29, 1.82) is 0 Å². The smallest absolute Gasteiger partial charge is 0.104 e. The van der Waals surface area contributed by atoms with Gasteiger partial charge in [-0.25, -0.2) is 0 Å². The zero-order valence-corrected chi connectivity index (χ0v) is 10.9. The van der Waals surface area contributed by atoms with Crippen molar-refractivity contribution in [2.75, 3.05) is 0 Å². The van der Waals surface area contributed by atoms with E-state index in [1.54, 1.807) is 0 Å². The molecule has 16 heavy (non-hydrogen) atoms. The van der Waals surface area contributed by atoms with Crippen molar-refractivity contribution in [3.8, 4) is 0 Å². The first-order chi connectivity index (χ1) is 7.83.